The van der Waals surface area contributed by atoms with E-state index in [4.69, 9.17) is 0 Å². The number of pyridine rings is 1. The normalized spacial score (nSPS) is 11.0. The molecule has 0 bridgehead atoms. The lowest BCUT2D eigenvalue weighted by Gasteiger charge is -1.81. The number of hydrogen-bond acceptors (Lipinski definition) is 0. The molecule has 1 heterocycles. The predicted octanol–water partition coefficient (Wildman–Crippen LogP) is 2.19. The maximum absolute atomic E-state index is 3.58. The summed E-state index contributed by atoms with van der Waals surface area (Å²) in [7, 11) is 0. The van der Waals surface area contributed by atoms with Gasteiger partial charge in [-0.25, -0.2) is 0 Å². The molecule has 0 unspecified atom stereocenters. The minimum absolute atomic E-state index is 1.75. The molecule has 0 saturated heterocycles. The Kier molecular flexibility index (Phi) is 3.58. The van der Waals surface area contributed by atoms with Gasteiger partial charge < -0.3 is 0 Å². The number of aromatic nitrogens is 1. The summed E-state index contributed by atoms with van der Waals surface area (Å²) in [6.45, 7) is 3.58. The lowest BCUT2D eigenvalue weighted by molar-refractivity contribution is -0.568. The zero-order valence-corrected chi connectivity index (χ0v) is 6.93. The number of rotatable bonds is 3. The Bertz CT molecular complexity index is 283. The van der Waals surface area contributed by atoms with Crippen LogP contribution in [0.2, 0.25) is 0 Å². The standard InChI is InChI=1S/C11H12N/c1-2-3-4-6-9-12-10-7-5-8-11-12/h2-11H,1H2/q+1. The first kappa shape index (κ1) is 8.47. The predicted molar refractivity (Wildman–Crippen MR) is 51.3 cm³/mol. The van der Waals surface area contributed by atoms with Gasteiger partial charge in [0.25, 0.3) is 0 Å². The first-order chi connectivity index (χ1) is 5.93. The van der Waals surface area contributed by atoms with Crippen LogP contribution in [0.3, 0.4) is 0 Å². The van der Waals surface area contributed by atoms with Crippen LogP contribution in [-0.4, -0.2) is 0 Å². The van der Waals surface area contributed by atoms with Gasteiger partial charge in [-0.05, 0) is 0 Å². The van der Waals surface area contributed by atoms with Gasteiger partial charge in [0.2, 0.25) is 0 Å². The Morgan fingerprint density at radius 2 is 1.67 bits per heavy atom. The highest BCUT2D eigenvalue weighted by Gasteiger charge is 1.85. The van der Waals surface area contributed by atoms with Crippen molar-refractivity contribution in [1.29, 1.82) is 0 Å². The fourth-order valence-electron chi connectivity index (χ4n) is 0.803. The molecule has 0 aromatic carbocycles. The summed E-state index contributed by atoms with van der Waals surface area (Å²) >= 11 is 0. The third-order valence-corrected chi connectivity index (χ3v) is 1.36. The van der Waals surface area contributed by atoms with Gasteiger partial charge in [0, 0.05) is 18.2 Å². The van der Waals surface area contributed by atoms with Gasteiger partial charge in [-0.3, -0.25) is 0 Å². The monoisotopic (exact) mass is 158 g/mol. The van der Waals surface area contributed by atoms with E-state index in [9.17, 15) is 0 Å². The first-order valence-electron chi connectivity index (χ1n) is 3.85. The molecular weight excluding hydrogens is 146 g/mol. The van der Waals surface area contributed by atoms with Crippen molar-refractivity contribution in [2.45, 2.75) is 0 Å². The summed E-state index contributed by atoms with van der Waals surface area (Å²) in [5.74, 6) is 0. The van der Waals surface area contributed by atoms with Crippen LogP contribution in [0, 0.1) is 0 Å². The topological polar surface area (TPSA) is 3.88 Å². The molecule has 60 valence electrons. The van der Waals surface area contributed by atoms with E-state index >= 15 is 0 Å². The average Bonchev–Trinajstić information content (AvgIpc) is 2.14. The summed E-state index contributed by atoms with van der Waals surface area (Å²) in [4.78, 5) is 0. The smallest absolute Gasteiger partial charge is 0.174 e. The Labute approximate surface area is 73.0 Å². The number of hydrogen-bond donors (Lipinski definition) is 0. The molecular formula is C11H12N+. The van der Waals surface area contributed by atoms with Crippen LogP contribution >= 0.6 is 0 Å². The molecule has 1 aromatic heterocycles. The van der Waals surface area contributed by atoms with E-state index < -0.39 is 0 Å². The molecule has 0 radical (unpaired) electrons. The molecule has 0 N–H and O–H groups in total. The van der Waals surface area contributed by atoms with Crippen molar-refractivity contribution in [1.82, 2.24) is 0 Å². The van der Waals surface area contributed by atoms with E-state index in [0.717, 1.165) is 0 Å². The van der Waals surface area contributed by atoms with E-state index in [0.29, 0.717) is 0 Å². The molecule has 1 rings (SSSR count). The van der Waals surface area contributed by atoms with E-state index in [2.05, 4.69) is 6.58 Å². The maximum atomic E-state index is 3.58. The fraction of sp³-hybridized carbons (Fsp3) is 0. The molecule has 1 heteroatoms. The summed E-state index contributed by atoms with van der Waals surface area (Å²) in [5.41, 5.74) is 0. The number of allylic oxidation sites excluding steroid dienone is 4. The minimum atomic E-state index is 1.75. The van der Waals surface area contributed by atoms with E-state index in [1.54, 1.807) is 6.08 Å². The van der Waals surface area contributed by atoms with Crippen LogP contribution in [0.15, 0.2) is 61.5 Å². The van der Waals surface area contributed by atoms with Crippen LogP contribution in [0.1, 0.15) is 0 Å². The molecule has 0 spiro atoms. The fourth-order valence-corrected chi connectivity index (χ4v) is 0.803. The molecule has 12 heavy (non-hydrogen) atoms. The summed E-state index contributed by atoms with van der Waals surface area (Å²) in [5, 5.41) is 0. The number of nitrogens with zero attached hydrogens (tertiary/aromatic N) is 1. The molecule has 0 aliphatic heterocycles. The van der Waals surface area contributed by atoms with Gasteiger partial charge in [-0.15, -0.1) is 0 Å². The Morgan fingerprint density at radius 3 is 2.33 bits per heavy atom. The second-order valence-electron chi connectivity index (χ2n) is 2.28. The van der Waals surface area contributed by atoms with Crippen LogP contribution in [0.25, 0.3) is 6.20 Å². The summed E-state index contributed by atoms with van der Waals surface area (Å²) < 4.78 is 1.98. The quantitative estimate of drug-likeness (QED) is 0.469. The zero-order valence-electron chi connectivity index (χ0n) is 6.93. The lowest BCUT2D eigenvalue weighted by atomic mass is 10.4. The Balaban J connectivity index is 2.58. The van der Waals surface area contributed by atoms with Crippen molar-refractivity contribution in [3.63, 3.8) is 0 Å². The molecule has 0 aliphatic carbocycles. The van der Waals surface area contributed by atoms with Crippen molar-refractivity contribution in [3.8, 4) is 0 Å². The molecule has 1 nitrogen and oxygen atoms in total. The highest BCUT2D eigenvalue weighted by molar-refractivity contribution is 5.19. The molecule has 0 amide bonds. The molecule has 0 aliphatic rings. The highest BCUT2D eigenvalue weighted by atomic mass is 14.9. The van der Waals surface area contributed by atoms with Gasteiger partial charge in [-0.2, -0.15) is 4.57 Å². The van der Waals surface area contributed by atoms with Crippen LogP contribution < -0.4 is 4.57 Å². The van der Waals surface area contributed by atoms with Crippen molar-refractivity contribution in [3.05, 3.63) is 61.5 Å². The molecule has 1 aromatic rings. The van der Waals surface area contributed by atoms with Crippen LogP contribution in [-0.2, 0) is 0 Å². The van der Waals surface area contributed by atoms with Gasteiger partial charge in [0.15, 0.2) is 18.6 Å². The SMILES string of the molecule is C=CC=CC=C[n+]1ccccc1. The molecule has 0 atom stereocenters. The van der Waals surface area contributed by atoms with Gasteiger partial charge in [0.05, 0.1) is 0 Å². The maximum Gasteiger partial charge on any atom is 0.174 e. The Morgan fingerprint density at radius 1 is 0.917 bits per heavy atom. The third kappa shape index (κ3) is 2.97. The molecule has 0 saturated carbocycles. The first-order valence-corrected chi connectivity index (χ1v) is 3.85. The second-order valence-corrected chi connectivity index (χ2v) is 2.28. The highest BCUT2D eigenvalue weighted by Crippen LogP contribution is 1.80. The largest absolute Gasteiger partial charge is 0.174 e. The second kappa shape index (κ2) is 5.08. The van der Waals surface area contributed by atoms with Crippen molar-refractivity contribution in [2.24, 2.45) is 0 Å². The van der Waals surface area contributed by atoms with Crippen LogP contribution in [0.5, 0.6) is 0 Å². The zero-order chi connectivity index (χ0) is 8.65. The van der Waals surface area contributed by atoms with E-state index in [-0.39, 0.29) is 0 Å². The van der Waals surface area contributed by atoms with Crippen molar-refractivity contribution in [2.75, 3.05) is 0 Å². The van der Waals surface area contributed by atoms with Gasteiger partial charge in [-0.1, -0.05) is 30.9 Å². The van der Waals surface area contributed by atoms with Crippen molar-refractivity contribution < 1.29 is 4.57 Å². The minimum Gasteiger partial charge on any atom is -0.174 e. The average molecular weight is 158 g/mol. The van der Waals surface area contributed by atoms with Gasteiger partial charge in [0.1, 0.15) is 0 Å². The Hall–Kier alpha value is -1.63. The lowest BCUT2D eigenvalue weighted by Crippen LogP contribution is -2.23. The van der Waals surface area contributed by atoms with E-state index in [1.807, 2.05) is 59.6 Å². The van der Waals surface area contributed by atoms with Crippen molar-refractivity contribution >= 4 is 6.20 Å². The molecule has 0 fully saturated rings. The summed E-state index contributed by atoms with van der Waals surface area (Å²) in [6.07, 6.45) is 13.5. The third-order valence-electron chi connectivity index (χ3n) is 1.36. The van der Waals surface area contributed by atoms with Gasteiger partial charge >= 0.3 is 0 Å². The summed E-state index contributed by atoms with van der Waals surface area (Å²) in [6, 6.07) is 5.97. The van der Waals surface area contributed by atoms with E-state index in [1.165, 1.54) is 0 Å². The van der Waals surface area contributed by atoms with Crippen LogP contribution in [0.4, 0.5) is 0 Å².